The molecule has 0 radical (unpaired) electrons. The molecular weight excluding hydrogens is 425 g/mol. The molecule has 2 N–H and O–H groups in total. The summed E-state index contributed by atoms with van der Waals surface area (Å²) in [4.78, 5) is 15.5. The monoisotopic (exact) mass is 437 g/mol. The van der Waals surface area contributed by atoms with Gasteiger partial charge in [-0.15, -0.1) is 0 Å². The van der Waals surface area contributed by atoms with E-state index in [2.05, 4.69) is 31.4 Å². The van der Waals surface area contributed by atoms with E-state index in [4.69, 9.17) is 23.2 Å². The van der Waals surface area contributed by atoms with Gasteiger partial charge in [-0.1, -0.05) is 45.2 Å². The van der Waals surface area contributed by atoms with Crippen LogP contribution in [0.3, 0.4) is 0 Å². The number of aryl methyl sites for hydroxylation is 1. The number of carbonyl (C=O) groups is 1. The fourth-order valence-electron chi connectivity index (χ4n) is 2.55. The zero-order valence-corrected chi connectivity index (χ0v) is 16.3. The summed E-state index contributed by atoms with van der Waals surface area (Å²) in [6, 6.07) is 11.1. The Hall–Kier alpha value is -1.82. The van der Waals surface area contributed by atoms with Crippen molar-refractivity contribution in [1.82, 2.24) is 10.4 Å². The zero-order valence-electron chi connectivity index (χ0n) is 13.2. The van der Waals surface area contributed by atoms with E-state index < -0.39 is 0 Å². The first-order chi connectivity index (χ1) is 11.9. The van der Waals surface area contributed by atoms with Crippen LogP contribution in [0.1, 0.15) is 16.8 Å². The smallest absolute Gasteiger partial charge is 0.244 e. The standard InChI is InChI=1S/C18H14BrCl2N3O/c1-10-13(14-7-12(19)3-5-17(14)23-10)8-18(25)24-22-9-11-2-4-15(20)16(21)6-11/h2-7,9,23H,8H2,1H3,(H,24,25)/b22-9+. The van der Waals surface area contributed by atoms with Gasteiger partial charge in [-0.25, -0.2) is 5.43 Å². The number of rotatable bonds is 4. The summed E-state index contributed by atoms with van der Waals surface area (Å²) in [5, 5.41) is 5.92. The third-order valence-electron chi connectivity index (χ3n) is 3.77. The van der Waals surface area contributed by atoms with Crippen molar-refractivity contribution in [3.8, 4) is 0 Å². The topological polar surface area (TPSA) is 57.2 Å². The molecule has 0 aliphatic heterocycles. The van der Waals surface area contributed by atoms with Crippen LogP contribution in [-0.2, 0) is 11.2 Å². The molecule has 0 spiro atoms. The summed E-state index contributed by atoms with van der Waals surface area (Å²) in [6.07, 6.45) is 1.76. The molecule has 0 unspecified atom stereocenters. The number of amides is 1. The van der Waals surface area contributed by atoms with Crippen LogP contribution in [0.5, 0.6) is 0 Å². The second-order valence-corrected chi connectivity index (χ2v) is 7.29. The van der Waals surface area contributed by atoms with E-state index in [0.717, 1.165) is 32.2 Å². The summed E-state index contributed by atoms with van der Waals surface area (Å²) in [5.41, 5.74) is 6.22. The number of halogens is 3. The highest BCUT2D eigenvalue weighted by Crippen LogP contribution is 2.26. The molecule has 128 valence electrons. The maximum absolute atomic E-state index is 12.2. The van der Waals surface area contributed by atoms with Crippen molar-refractivity contribution >= 4 is 62.2 Å². The van der Waals surface area contributed by atoms with E-state index in [9.17, 15) is 4.79 Å². The Labute approximate surface area is 163 Å². The maximum Gasteiger partial charge on any atom is 0.244 e. The number of aromatic nitrogens is 1. The molecule has 1 amide bonds. The lowest BCUT2D eigenvalue weighted by Gasteiger charge is -2.02. The number of hydrazone groups is 1. The number of nitrogens with one attached hydrogen (secondary N) is 2. The lowest BCUT2D eigenvalue weighted by atomic mass is 10.1. The molecule has 1 heterocycles. The van der Waals surface area contributed by atoms with E-state index in [1.54, 1.807) is 18.2 Å². The molecule has 0 saturated heterocycles. The van der Waals surface area contributed by atoms with Crippen molar-refractivity contribution in [2.24, 2.45) is 5.10 Å². The van der Waals surface area contributed by atoms with Crippen LogP contribution in [0.2, 0.25) is 10.0 Å². The van der Waals surface area contributed by atoms with E-state index in [0.29, 0.717) is 10.0 Å². The van der Waals surface area contributed by atoms with Crippen LogP contribution in [-0.4, -0.2) is 17.1 Å². The Kier molecular flexibility index (Phi) is 5.47. The molecule has 25 heavy (non-hydrogen) atoms. The normalized spacial score (nSPS) is 11.4. The van der Waals surface area contributed by atoms with Crippen molar-refractivity contribution in [2.75, 3.05) is 0 Å². The van der Waals surface area contributed by atoms with Gasteiger partial charge in [-0.3, -0.25) is 4.79 Å². The lowest BCUT2D eigenvalue weighted by molar-refractivity contribution is -0.120. The van der Waals surface area contributed by atoms with Crippen molar-refractivity contribution in [1.29, 1.82) is 0 Å². The summed E-state index contributed by atoms with van der Waals surface area (Å²) >= 11 is 15.3. The molecule has 7 heteroatoms. The van der Waals surface area contributed by atoms with Crippen molar-refractivity contribution in [2.45, 2.75) is 13.3 Å². The number of benzene rings is 2. The Morgan fingerprint density at radius 2 is 2.04 bits per heavy atom. The molecule has 0 bridgehead atoms. The van der Waals surface area contributed by atoms with Gasteiger partial charge in [-0.2, -0.15) is 5.10 Å². The molecule has 0 saturated carbocycles. The minimum Gasteiger partial charge on any atom is -0.358 e. The fourth-order valence-corrected chi connectivity index (χ4v) is 3.22. The minimum atomic E-state index is -0.194. The van der Waals surface area contributed by atoms with E-state index in [1.807, 2.05) is 25.1 Å². The molecule has 4 nitrogen and oxygen atoms in total. The SMILES string of the molecule is Cc1[nH]c2ccc(Br)cc2c1CC(=O)N/N=C/c1ccc(Cl)c(Cl)c1. The average molecular weight is 439 g/mol. The second kappa shape index (κ2) is 7.60. The first kappa shape index (κ1) is 18.0. The largest absolute Gasteiger partial charge is 0.358 e. The van der Waals surface area contributed by atoms with Crippen LogP contribution in [0.25, 0.3) is 10.9 Å². The van der Waals surface area contributed by atoms with E-state index >= 15 is 0 Å². The molecule has 0 aliphatic carbocycles. The number of hydrogen-bond donors (Lipinski definition) is 2. The highest BCUT2D eigenvalue weighted by atomic mass is 79.9. The minimum absolute atomic E-state index is 0.194. The second-order valence-electron chi connectivity index (χ2n) is 5.56. The zero-order chi connectivity index (χ0) is 18.0. The van der Waals surface area contributed by atoms with Crippen LogP contribution >= 0.6 is 39.1 Å². The van der Waals surface area contributed by atoms with Gasteiger partial charge < -0.3 is 4.98 Å². The first-order valence-electron chi connectivity index (χ1n) is 7.47. The van der Waals surface area contributed by atoms with Gasteiger partial charge in [0, 0.05) is 21.1 Å². The van der Waals surface area contributed by atoms with Gasteiger partial charge in [0.1, 0.15) is 0 Å². The maximum atomic E-state index is 12.2. The molecule has 1 aromatic heterocycles. The van der Waals surface area contributed by atoms with E-state index in [-0.39, 0.29) is 12.3 Å². The third-order valence-corrected chi connectivity index (χ3v) is 5.00. The van der Waals surface area contributed by atoms with Crippen molar-refractivity contribution in [3.63, 3.8) is 0 Å². The number of aromatic amines is 1. The molecular formula is C18H14BrCl2N3O. The molecule has 0 atom stereocenters. The number of H-pyrrole nitrogens is 1. The van der Waals surface area contributed by atoms with Crippen LogP contribution in [0, 0.1) is 6.92 Å². The summed E-state index contributed by atoms with van der Waals surface area (Å²) < 4.78 is 0.971. The van der Waals surface area contributed by atoms with Crippen LogP contribution in [0.4, 0.5) is 0 Å². The van der Waals surface area contributed by atoms with Gasteiger partial charge in [0.05, 0.1) is 22.7 Å². The van der Waals surface area contributed by atoms with Crippen molar-refractivity contribution < 1.29 is 4.79 Å². The number of nitrogens with zero attached hydrogens (tertiary/aromatic N) is 1. The average Bonchev–Trinajstić information content (AvgIpc) is 2.86. The lowest BCUT2D eigenvalue weighted by Crippen LogP contribution is -2.20. The number of fused-ring (bicyclic) bond motifs is 1. The fraction of sp³-hybridized carbons (Fsp3) is 0.111. The van der Waals surface area contributed by atoms with Crippen LogP contribution in [0.15, 0.2) is 46.0 Å². The molecule has 3 aromatic rings. The Balaban J connectivity index is 1.70. The highest BCUT2D eigenvalue weighted by molar-refractivity contribution is 9.10. The van der Waals surface area contributed by atoms with Gasteiger partial charge in [0.2, 0.25) is 5.91 Å². The predicted octanol–water partition coefficient (Wildman–Crippen LogP) is 5.24. The van der Waals surface area contributed by atoms with Gasteiger partial charge in [0.25, 0.3) is 0 Å². The van der Waals surface area contributed by atoms with Gasteiger partial charge in [-0.05, 0) is 48.4 Å². The molecule has 2 aromatic carbocycles. The quantitative estimate of drug-likeness (QED) is 0.424. The first-order valence-corrected chi connectivity index (χ1v) is 9.02. The third kappa shape index (κ3) is 4.24. The van der Waals surface area contributed by atoms with Gasteiger partial charge in [0.15, 0.2) is 0 Å². The van der Waals surface area contributed by atoms with Gasteiger partial charge >= 0.3 is 0 Å². The molecule has 3 rings (SSSR count). The Bertz CT molecular complexity index is 982. The number of carbonyl (C=O) groups excluding carboxylic acids is 1. The summed E-state index contributed by atoms with van der Waals surface area (Å²) in [5.74, 6) is -0.194. The molecule has 0 aliphatic rings. The number of hydrogen-bond acceptors (Lipinski definition) is 2. The Morgan fingerprint density at radius 1 is 1.24 bits per heavy atom. The summed E-state index contributed by atoms with van der Waals surface area (Å²) in [7, 11) is 0. The highest BCUT2D eigenvalue weighted by Gasteiger charge is 2.12. The van der Waals surface area contributed by atoms with E-state index in [1.165, 1.54) is 6.21 Å². The predicted molar refractivity (Wildman–Crippen MR) is 107 cm³/mol. The Morgan fingerprint density at radius 3 is 2.80 bits per heavy atom. The molecule has 0 fully saturated rings. The summed E-state index contributed by atoms with van der Waals surface area (Å²) in [6.45, 7) is 1.95. The van der Waals surface area contributed by atoms with Crippen LogP contribution < -0.4 is 5.43 Å². The van der Waals surface area contributed by atoms with Crippen molar-refractivity contribution in [3.05, 3.63) is 67.7 Å².